The van der Waals surface area contributed by atoms with Crippen molar-refractivity contribution in [2.75, 3.05) is 13.1 Å². The van der Waals surface area contributed by atoms with Gasteiger partial charge in [0.2, 0.25) is 0 Å². The lowest BCUT2D eigenvalue weighted by molar-refractivity contribution is -0.147. The molecule has 25 heavy (non-hydrogen) atoms. The third kappa shape index (κ3) is 3.00. The zero-order valence-electron chi connectivity index (χ0n) is 13.7. The van der Waals surface area contributed by atoms with Gasteiger partial charge in [-0.1, -0.05) is 34.4 Å². The summed E-state index contributed by atoms with van der Waals surface area (Å²) in [5.41, 5.74) is -0.0129. The number of rotatable bonds is 3. The molecule has 1 aromatic heterocycles. The minimum Gasteiger partial charge on any atom is -0.481 e. The zero-order valence-corrected chi connectivity index (χ0v) is 15.2. The van der Waals surface area contributed by atoms with Crippen LogP contribution in [0.1, 0.15) is 29.5 Å². The number of aromatic nitrogens is 1. The second-order valence-corrected chi connectivity index (χ2v) is 7.22. The Bertz CT molecular complexity index is 844. The molecule has 1 aromatic carbocycles. The fourth-order valence-corrected chi connectivity index (χ4v) is 3.56. The van der Waals surface area contributed by atoms with E-state index in [1.807, 2.05) is 0 Å². The number of likely N-dealkylation sites (tertiary alicyclic amines) is 1. The van der Waals surface area contributed by atoms with E-state index in [1.165, 1.54) is 4.90 Å². The van der Waals surface area contributed by atoms with Gasteiger partial charge in [-0.15, -0.1) is 0 Å². The van der Waals surface area contributed by atoms with E-state index in [0.717, 1.165) is 0 Å². The lowest BCUT2D eigenvalue weighted by Crippen LogP contribution is -2.35. The van der Waals surface area contributed by atoms with E-state index in [0.29, 0.717) is 34.3 Å². The first-order valence-corrected chi connectivity index (χ1v) is 8.43. The molecule has 1 aliphatic heterocycles. The summed E-state index contributed by atoms with van der Waals surface area (Å²) >= 11 is 12.5. The topological polar surface area (TPSA) is 83.6 Å². The maximum absolute atomic E-state index is 13.0. The van der Waals surface area contributed by atoms with Crippen LogP contribution in [0, 0.1) is 12.3 Å². The number of nitrogens with zero attached hydrogens (tertiary/aromatic N) is 2. The number of halogens is 2. The van der Waals surface area contributed by atoms with Crippen molar-refractivity contribution in [2.45, 2.75) is 20.3 Å². The van der Waals surface area contributed by atoms with Gasteiger partial charge in [0.25, 0.3) is 5.91 Å². The van der Waals surface area contributed by atoms with Crippen molar-refractivity contribution >= 4 is 35.1 Å². The van der Waals surface area contributed by atoms with Crippen molar-refractivity contribution in [3.05, 3.63) is 39.6 Å². The van der Waals surface area contributed by atoms with Crippen LogP contribution < -0.4 is 0 Å². The van der Waals surface area contributed by atoms with E-state index in [2.05, 4.69) is 5.16 Å². The molecule has 0 aliphatic carbocycles. The van der Waals surface area contributed by atoms with E-state index in [9.17, 15) is 14.7 Å². The third-order valence-corrected chi connectivity index (χ3v) is 5.18. The number of carbonyl (C=O) groups excluding carboxylic acids is 1. The van der Waals surface area contributed by atoms with Gasteiger partial charge in [-0.05, 0) is 32.4 Å². The highest BCUT2D eigenvalue weighted by atomic mass is 35.5. The molecule has 2 heterocycles. The molecule has 1 N–H and O–H groups in total. The van der Waals surface area contributed by atoms with Crippen LogP contribution in [0.15, 0.2) is 22.7 Å². The van der Waals surface area contributed by atoms with E-state index < -0.39 is 11.4 Å². The number of aliphatic carboxylic acids is 1. The van der Waals surface area contributed by atoms with Crippen LogP contribution in [-0.2, 0) is 4.79 Å². The Morgan fingerprint density at radius 1 is 1.32 bits per heavy atom. The summed E-state index contributed by atoms with van der Waals surface area (Å²) < 4.78 is 5.21. The lowest BCUT2D eigenvalue weighted by atomic mass is 9.90. The summed E-state index contributed by atoms with van der Waals surface area (Å²) in [6.45, 7) is 3.74. The first-order valence-electron chi connectivity index (χ1n) is 7.68. The molecule has 3 rings (SSSR count). The van der Waals surface area contributed by atoms with E-state index >= 15 is 0 Å². The van der Waals surface area contributed by atoms with Gasteiger partial charge >= 0.3 is 5.97 Å². The standard InChI is InChI=1S/C17H16Cl2N2O4/c1-9-12(15(22)21-7-6-17(2,8-21)16(23)24)14(20-25-9)13-10(18)4-3-5-11(13)19/h3-5H,6-8H2,1-2H3,(H,23,24). The zero-order chi connectivity index (χ0) is 18.4. The second kappa shape index (κ2) is 6.35. The van der Waals surface area contributed by atoms with Crippen LogP contribution in [-0.4, -0.2) is 40.1 Å². The van der Waals surface area contributed by atoms with E-state index in [1.54, 1.807) is 32.0 Å². The van der Waals surface area contributed by atoms with Crippen molar-refractivity contribution in [2.24, 2.45) is 5.41 Å². The van der Waals surface area contributed by atoms with Crippen molar-refractivity contribution in [1.29, 1.82) is 0 Å². The average Bonchev–Trinajstić information content (AvgIpc) is 3.12. The normalized spacial score (nSPS) is 20.1. The summed E-state index contributed by atoms with van der Waals surface area (Å²) in [6.07, 6.45) is 0.389. The Morgan fingerprint density at radius 2 is 1.96 bits per heavy atom. The Balaban J connectivity index is 2.01. The SMILES string of the molecule is Cc1onc(-c2c(Cl)cccc2Cl)c1C(=O)N1CCC(C)(C(=O)O)C1. The highest BCUT2D eigenvalue weighted by Crippen LogP contribution is 2.38. The Morgan fingerprint density at radius 3 is 2.52 bits per heavy atom. The fourth-order valence-electron chi connectivity index (χ4n) is 2.99. The first-order chi connectivity index (χ1) is 11.7. The Hall–Kier alpha value is -2.05. The highest BCUT2D eigenvalue weighted by molar-refractivity contribution is 6.39. The number of aryl methyl sites for hydroxylation is 1. The summed E-state index contributed by atoms with van der Waals surface area (Å²) in [6, 6.07) is 5.00. The van der Waals surface area contributed by atoms with Gasteiger partial charge in [0.05, 0.1) is 15.5 Å². The molecule has 0 spiro atoms. The number of carboxylic acid groups (broad SMARTS) is 1. The number of hydrogen-bond acceptors (Lipinski definition) is 4. The monoisotopic (exact) mass is 382 g/mol. The molecular weight excluding hydrogens is 367 g/mol. The molecule has 1 atom stereocenters. The van der Waals surface area contributed by atoms with E-state index in [4.69, 9.17) is 27.7 Å². The molecule has 1 unspecified atom stereocenters. The molecule has 1 aliphatic rings. The Kier molecular flexibility index (Phi) is 4.51. The molecule has 0 bridgehead atoms. The molecule has 1 fully saturated rings. The van der Waals surface area contributed by atoms with Gasteiger partial charge in [0.15, 0.2) is 0 Å². The molecule has 0 radical (unpaired) electrons. The third-order valence-electron chi connectivity index (χ3n) is 4.55. The number of hydrogen-bond donors (Lipinski definition) is 1. The summed E-state index contributed by atoms with van der Waals surface area (Å²) in [5, 5.41) is 14.0. The first kappa shape index (κ1) is 17.8. The summed E-state index contributed by atoms with van der Waals surface area (Å²) in [7, 11) is 0. The fraction of sp³-hybridized carbons (Fsp3) is 0.353. The van der Waals surface area contributed by atoms with Gasteiger partial charge < -0.3 is 14.5 Å². The van der Waals surface area contributed by atoms with Crippen molar-refractivity contribution in [3.8, 4) is 11.3 Å². The number of carbonyl (C=O) groups is 2. The maximum atomic E-state index is 13.0. The van der Waals surface area contributed by atoms with Gasteiger partial charge in [-0.25, -0.2) is 0 Å². The van der Waals surface area contributed by atoms with E-state index in [-0.39, 0.29) is 23.7 Å². The lowest BCUT2D eigenvalue weighted by Gasteiger charge is -2.20. The number of amides is 1. The number of carboxylic acids is 1. The molecule has 1 saturated heterocycles. The van der Waals surface area contributed by atoms with Crippen molar-refractivity contribution in [1.82, 2.24) is 10.1 Å². The Labute approximate surface area is 154 Å². The smallest absolute Gasteiger partial charge is 0.311 e. The van der Waals surface area contributed by atoms with Crippen LogP contribution in [0.3, 0.4) is 0 Å². The van der Waals surface area contributed by atoms with Crippen LogP contribution in [0.4, 0.5) is 0 Å². The van der Waals surface area contributed by atoms with Crippen molar-refractivity contribution in [3.63, 3.8) is 0 Å². The largest absolute Gasteiger partial charge is 0.481 e. The molecule has 132 valence electrons. The highest BCUT2D eigenvalue weighted by Gasteiger charge is 2.43. The summed E-state index contributed by atoms with van der Waals surface area (Å²) in [5.74, 6) is -0.922. The molecular formula is C17H16Cl2N2O4. The maximum Gasteiger partial charge on any atom is 0.311 e. The van der Waals surface area contributed by atoms with Gasteiger partial charge in [-0.2, -0.15) is 0 Å². The van der Waals surface area contributed by atoms with Crippen LogP contribution in [0.25, 0.3) is 11.3 Å². The molecule has 2 aromatic rings. The second-order valence-electron chi connectivity index (χ2n) is 6.40. The summed E-state index contributed by atoms with van der Waals surface area (Å²) in [4.78, 5) is 25.9. The van der Waals surface area contributed by atoms with Crippen LogP contribution in [0.2, 0.25) is 10.0 Å². The predicted molar refractivity (Wildman–Crippen MR) is 93.0 cm³/mol. The average molecular weight is 383 g/mol. The predicted octanol–water partition coefficient (Wildman–Crippen LogP) is 3.89. The van der Waals surface area contributed by atoms with Gasteiger partial charge in [-0.3, -0.25) is 9.59 Å². The molecule has 8 heteroatoms. The van der Waals surface area contributed by atoms with Crippen LogP contribution >= 0.6 is 23.2 Å². The van der Waals surface area contributed by atoms with Crippen LogP contribution in [0.5, 0.6) is 0 Å². The van der Waals surface area contributed by atoms with Crippen molar-refractivity contribution < 1.29 is 19.2 Å². The number of benzene rings is 1. The quantitative estimate of drug-likeness (QED) is 0.869. The van der Waals surface area contributed by atoms with Gasteiger partial charge in [0, 0.05) is 18.7 Å². The molecule has 1 amide bonds. The minimum absolute atomic E-state index is 0.126. The minimum atomic E-state index is -0.955. The van der Waals surface area contributed by atoms with Gasteiger partial charge in [0.1, 0.15) is 17.0 Å². The molecule has 6 nitrogen and oxygen atoms in total. The molecule has 0 saturated carbocycles.